The molecule has 5 aliphatic rings. The molecule has 0 radical (unpaired) electrons. The average molecular weight is 955 g/mol. The zero-order chi connectivity index (χ0) is 49.8. The van der Waals surface area contributed by atoms with Gasteiger partial charge in [0, 0.05) is 0 Å². The molecule has 4 fully saturated rings. The van der Waals surface area contributed by atoms with E-state index in [1.165, 1.54) is 0 Å². The molecule has 380 valence electrons. The lowest BCUT2D eigenvalue weighted by Crippen LogP contribution is -2.62. The van der Waals surface area contributed by atoms with Crippen LogP contribution in [0.3, 0.4) is 0 Å². The zero-order valence-corrected chi connectivity index (χ0v) is 36.8. The number of hydrogen-bond donors (Lipinski definition) is 18. The summed E-state index contributed by atoms with van der Waals surface area (Å²) >= 11 is 0. The van der Waals surface area contributed by atoms with Gasteiger partial charge in [-0.05, 0) is 34.5 Å². The molecule has 23 nitrogen and oxygen atoms in total. The van der Waals surface area contributed by atoms with Crippen LogP contribution in [-0.2, 0) is 36.7 Å². The van der Waals surface area contributed by atoms with Gasteiger partial charge >= 0.3 is 0 Å². The molecule has 66 heavy (non-hydrogen) atoms. The van der Waals surface area contributed by atoms with Crippen LogP contribution in [0.1, 0.15) is 31.9 Å². The number of allylic oxidation sites excluding steroid dienone is 5. The van der Waals surface area contributed by atoms with Gasteiger partial charge < -0.3 is 116 Å². The summed E-state index contributed by atoms with van der Waals surface area (Å²) in [6, 6.07) is 7.43. The highest BCUT2D eigenvalue weighted by atomic mass is 16.7. The Morgan fingerprint density at radius 2 is 0.833 bits per heavy atom. The number of rotatable bonds is 10. The summed E-state index contributed by atoms with van der Waals surface area (Å²) in [5, 5.41) is 168. The number of aliphatic hydroxyl groups is 18. The largest absolute Gasteiger partial charge is 0.394 e. The minimum absolute atomic E-state index is 0.103. The van der Waals surface area contributed by atoms with Crippen molar-refractivity contribution in [3.8, 4) is 0 Å². The molecule has 20 atom stereocenters. The maximum atomic E-state index is 10.4. The maximum Gasteiger partial charge on any atom is 0.184 e. The molecule has 0 spiro atoms. The molecule has 1 aliphatic carbocycles. The van der Waals surface area contributed by atoms with Gasteiger partial charge in [0.1, 0.15) is 97.7 Å². The molecule has 0 bridgehead atoms. The summed E-state index contributed by atoms with van der Waals surface area (Å²) in [4.78, 5) is 0. The molecule has 0 aromatic heterocycles. The van der Waals surface area contributed by atoms with E-state index >= 15 is 0 Å². The van der Waals surface area contributed by atoms with Crippen LogP contribution < -0.4 is 0 Å². The van der Waals surface area contributed by atoms with Crippen LogP contribution in [-0.4, -0.2) is 241 Å². The Balaban J connectivity index is 0.000000290. The van der Waals surface area contributed by atoms with Crippen LogP contribution in [0.4, 0.5) is 0 Å². The Morgan fingerprint density at radius 3 is 1.23 bits per heavy atom. The lowest BCUT2D eigenvalue weighted by atomic mass is 9.75. The molecule has 6 rings (SSSR count). The van der Waals surface area contributed by atoms with Crippen molar-refractivity contribution in [1.82, 2.24) is 0 Å². The topological polar surface area (TPSA) is 410 Å². The first-order valence-electron chi connectivity index (χ1n) is 21.3. The first-order chi connectivity index (χ1) is 30.9. The van der Waals surface area contributed by atoms with E-state index in [0.717, 1.165) is 16.7 Å². The van der Waals surface area contributed by atoms with Gasteiger partial charge in [0.15, 0.2) is 18.9 Å². The second-order valence-electron chi connectivity index (χ2n) is 17.4. The number of benzene rings is 1. The zero-order valence-electron chi connectivity index (χ0n) is 36.8. The van der Waals surface area contributed by atoms with E-state index in [9.17, 15) is 40.9 Å². The Hall–Kier alpha value is -2.48. The molecule has 4 heterocycles. The highest BCUT2D eigenvalue weighted by Gasteiger charge is 2.49. The lowest BCUT2D eigenvalue weighted by Gasteiger charge is -2.46. The van der Waals surface area contributed by atoms with Crippen molar-refractivity contribution < 1.29 is 116 Å². The van der Waals surface area contributed by atoms with Crippen LogP contribution in [0.5, 0.6) is 0 Å². The maximum absolute atomic E-state index is 10.4. The van der Waals surface area contributed by atoms with Crippen LogP contribution >= 0.6 is 0 Å². The number of aliphatic hydroxyl groups excluding tert-OH is 18. The van der Waals surface area contributed by atoms with Crippen molar-refractivity contribution >= 4 is 0 Å². The van der Waals surface area contributed by atoms with Crippen molar-refractivity contribution in [2.75, 3.05) is 26.4 Å². The Kier molecular flexibility index (Phi) is 23.2. The van der Waals surface area contributed by atoms with Crippen molar-refractivity contribution in [1.29, 1.82) is 0 Å². The quantitative estimate of drug-likeness (QED) is 0.104. The third-order valence-corrected chi connectivity index (χ3v) is 11.5. The first-order valence-corrected chi connectivity index (χ1v) is 21.3. The van der Waals surface area contributed by atoms with E-state index in [2.05, 4.69) is 35.1 Å². The van der Waals surface area contributed by atoms with Gasteiger partial charge in [0.25, 0.3) is 0 Å². The second-order valence-corrected chi connectivity index (χ2v) is 17.4. The van der Waals surface area contributed by atoms with Gasteiger partial charge in [-0.3, -0.25) is 0 Å². The van der Waals surface area contributed by atoms with E-state index < -0.39 is 148 Å². The van der Waals surface area contributed by atoms with E-state index in [4.69, 9.17) is 65.3 Å². The van der Waals surface area contributed by atoms with Crippen LogP contribution in [0.2, 0.25) is 0 Å². The van der Waals surface area contributed by atoms with Gasteiger partial charge in [-0.15, -0.1) is 0 Å². The van der Waals surface area contributed by atoms with Crippen molar-refractivity contribution in [3.63, 3.8) is 0 Å². The smallest absolute Gasteiger partial charge is 0.184 e. The molecule has 1 aromatic rings. The van der Waals surface area contributed by atoms with Gasteiger partial charge in [-0.25, -0.2) is 0 Å². The Labute approximate surface area is 381 Å². The molecule has 0 saturated carbocycles. The van der Waals surface area contributed by atoms with Crippen LogP contribution in [0.25, 0.3) is 0 Å². The highest BCUT2D eigenvalue weighted by molar-refractivity contribution is 5.32. The van der Waals surface area contributed by atoms with Crippen LogP contribution in [0.15, 0.2) is 60.7 Å². The molecule has 10 unspecified atom stereocenters. The molecule has 1 aromatic carbocycles. The Morgan fingerprint density at radius 1 is 0.485 bits per heavy atom. The predicted octanol–water partition coefficient (Wildman–Crippen LogP) is -6.72. The number of hydrogen-bond acceptors (Lipinski definition) is 23. The molecule has 4 aliphatic heterocycles. The van der Waals surface area contributed by atoms with Gasteiger partial charge in [-0.2, -0.15) is 0 Å². The van der Waals surface area contributed by atoms with Crippen molar-refractivity contribution in [3.05, 3.63) is 71.8 Å². The fraction of sp³-hybridized carbons (Fsp3) is 0.721. The van der Waals surface area contributed by atoms with Gasteiger partial charge in [-0.1, -0.05) is 75.9 Å². The predicted molar refractivity (Wildman–Crippen MR) is 225 cm³/mol. The summed E-state index contributed by atoms with van der Waals surface area (Å²) in [5.41, 5.74) is 2.22. The fourth-order valence-corrected chi connectivity index (χ4v) is 7.32. The monoisotopic (exact) mass is 954 g/mol. The fourth-order valence-electron chi connectivity index (χ4n) is 7.32. The molecular weight excluding hydrogens is 884 g/mol. The number of ether oxygens (including phenoxy) is 5. The first kappa shape index (κ1) is 57.8. The normalized spacial score (nSPS) is 40.5. The van der Waals surface area contributed by atoms with Gasteiger partial charge in [0.2, 0.25) is 0 Å². The standard InChI is InChI=1S/C23H36O11.C8H10.2C6H12O6/c1-23(2,21-19(29)17(27)15(25)13(8-24)33-21)7-11-3-5-12(6-4-11)9-32-10-14-16(26)18(28)20(30)22(31)34-14;1-7-3-5-8(2)6-4-7;2*7-1-2-3(8)4(9)5(10)6(11)12-2/h3-6,13-22,24-31H,7-10H2,1-2H3;3-6,8H,1H2,2H3;2*2-11H,1H2/t13?,14?,15-,16+,17-,18-,19?,20?,21-,22?;;2?,3-,4+,5?,6?;2?,3-,4-,5?,6+/m0.10/s1. The van der Waals surface area contributed by atoms with Gasteiger partial charge in [0.05, 0.1) is 39.1 Å². The van der Waals surface area contributed by atoms with E-state index in [0.29, 0.717) is 12.3 Å². The third-order valence-electron chi connectivity index (χ3n) is 11.5. The molecule has 4 saturated heterocycles. The SMILES string of the molecule is C=C1C=CC(C)C=C1.CC(C)(Cc1ccc(COCC2OC(O)C(O)[C@@H](O)[C@@H]2O)cc1)[C@H]1OC(CO)[C@H](O)[C@H](O)C1O.OCC1OC(O)C(O)[C@@H](O)[C@@H]1O.OCC1O[C@@H](O)C(O)[C@@H](O)[C@H]1O. The van der Waals surface area contributed by atoms with Crippen LogP contribution in [0, 0.1) is 11.3 Å². The molecular formula is C43H70O23. The van der Waals surface area contributed by atoms with E-state index in [1.54, 1.807) is 0 Å². The third kappa shape index (κ3) is 15.5. The minimum Gasteiger partial charge on any atom is -0.394 e. The van der Waals surface area contributed by atoms with Crippen molar-refractivity contribution in [2.45, 2.75) is 156 Å². The minimum atomic E-state index is -1.61. The molecule has 23 heteroatoms. The summed E-state index contributed by atoms with van der Waals surface area (Å²) in [7, 11) is 0. The average Bonchev–Trinajstić information content (AvgIpc) is 3.29. The lowest BCUT2D eigenvalue weighted by molar-refractivity contribution is -0.289. The summed E-state index contributed by atoms with van der Waals surface area (Å²) in [6.45, 7) is 8.21. The molecule has 18 N–H and O–H groups in total. The summed E-state index contributed by atoms with van der Waals surface area (Å²) in [6.07, 6.45) is -18.3. The summed E-state index contributed by atoms with van der Waals surface area (Å²) in [5.74, 6) is 0.598. The van der Waals surface area contributed by atoms with E-state index in [1.807, 2.05) is 50.3 Å². The highest BCUT2D eigenvalue weighted by Crippen LogP contribution is 2.36. The summed E-state index contributed by atoms with van der Waals surface area (Å²) < 4.78 is 25.5. The molecule has 0 amide bonds. The van der Waals surface area contributed by atoms with Crippen molar-refractivity contribution in [2.24, 2.45) is 11.3 Å². The Bertz CT molecular complexity index is 1570. The van der Waals surface area contributed by atoms with E-state index in [-0.39, 0.29) is 13.2 Å². The second kappa shape index (κ2) is 26.5.